The van der Waals surface area contributed by atoms with E-state index in [0.29, 0.717) is 36.8 Å². The van der Waals surface area contributed by atoms with Crippen molar-refractivity contribution in [3.63, 3.8) is 0 Å². The minimum Gasteiger partial charge on any atom is -0.394 e. The fourth-order valence-electron chi connectivity index (χ4n) is 2.48. The van der Waals surface area contributed by atoms with E-state index in [1.165, 1.54) is 0 Å². The molecular formula is C13H19ClN2O4. The molecule has 7 heteroatoms. The van der Waals surface area contributed by atoms with Crippen LogP contribution in [0.15, 0.2) is 10.6 Å². The number of aliphatic hydroxyl groups excluding tert-OH is 2. The van der Waals surface area contributed by atoms with E-state index >= 15 is 0 Å². The van der Waals surface area contributed by atoms with E-state index in [2.05, 4.69) is 5.16 Å². The molecule has 0 aromatic carbocycles. The van der Waals surface area contributed by atoms with Crippen molar-refractivity contribution in [2.45, 2.75) is 31.8 Å². The summed E-state index contributed by atoms with van der Waals surface area (Å²) >= 11 is 5.64. The highest BCUT2D eigenvalue weighted by Crippen LogP contribution is 2.21. The average Bonchev–Trinajstić information content (AvgIpc) is 2.89. The van der Waals surface area contributed by atoms with Crippen LogP contribution in [0.1, 0.15) is 25.0 Å². The summed E-state index contributed by atoms with van der Waals surface area (Å²) in [5, 5.41) is 22.4. The Morgan fingerprint density at radius 1 is 1.55 bits per heavy atom. The van der Waals surface area contributed by atoms with Crippen LogP contribution in [-0.2, 0) is 11.2 Å². The van der Waals surface area contributed by atoms with Crippen molar-refractivity contribution < 1.29 is 19.5 Å². The average molecular weight is 303 g/mol. The van der Waals surface area contributed by atoms with E-state index in [9.17, 15) is 9.90 Å². The Bertz CT molecular complexity index is 443. The number of halogens is 1. The van der Waals surface area contributed by atoms with Gasteiger partial charge in [-0.05, 0) is 18.8 Å². The summed E-state index contributed by atoms with van der Waals surface area (Å²) < 4.78 is 4.95. The van der Waals surface area contributed by atoms with Crippen molar-refractivity contribution in [2.24, 2.45) is 5.92 Å². The largest absolute Gasteiger partial charge is 0.394 e. The maximum absolute atomic E-state index is 12.0. The number of aliphatic hydroxyl groups is 2. The third kappa shape index (κ3) is 3.94. The molecule has 0 bridgehead atoms. The lowest BCUT2D eigenvalue weighted by molar-refractivity contribution is -0.133. The van der Waals surface area contributed by atoms with E-state index < -0.39 is 6.10 Å². The molecule has 112 valence electrons. The number of hydrogen-bond donors (Lipinski definition) is 2. The van der Waals surface area contributed by atoms with Gasteiger partial charge >= 0.3 is 0 Å². The second kappa shape index (κ2) is 7.06. The molecule has 1 amide bonds. The molecule has 1 aromatic heterocycles. The number of carbonyl (C=O) groups is 1. The van der Waals surface area contributed by atoms with Crippen LogP contribution in [0.2, 0.25) is 5.15 Å². The molecule has 1 aliphatic heterocycles. The fraction of sp³-hybridized carbons (Fsp3) is 0.692. The molecule has 1 unspecified atom stereocenters. The summed E-state index contributed by atoms with van der Waals surface area (Å²) in [6, 6.07) is 1.61. The number of amides is 1. The van der Waals surface area contributed by atoms with Crippen LogP contribution in [0.5, 0.6) is 0 Å². The molecule has 0 aliphatic carbocycles. The number of rotatable bonds is 5. The van der Waals surface area contributed by atoms with Gasteiger partial charge in [-0.2, -0.15) is 0 Å². The van der Waals surface area contributed by atoms with E-state index in [1.54, 1.807) is 11.0 Å². The van der Waals surface area contributed by atoms with Gasteiger partial charge in [-0.1, -0.05) is 16.8 Å². The SMILES string of the molecule is O=C(CCc1cc(Cl)no1)N1CCC(C(O)CO)CC1. The maximum atomic E-state index is 12.0. The Labute approximate surface area is 122 Å². The Hall–Kier alpha value is -1.11. The van der Waals surface area contributed by atoms with Gasteiger partial charge in [0.2, 0.25) is 5.91 Å². The molecular weight excluding hydrogens is 284 g/mol. The van der Waals surface area contributed by atoms with Crippen molar-refractivity contribution in [2.75, 3.05) is 19.7 Å². The first-order valence-corrected chi connectivity index (χ1v) is 7.15. The van der Waals surface area contributed by atoms with Gasteiger partial charge in [0.25, 0.3) is 0 Å². The van der Waals surface area contributed by atoms with Crippen LogP contribution in [0, 0.1) is 5.92 Å². The van der Waals surface area contributed by atoms with Gasteiger partial charge in [0.05, 0.1) is 12.7 Å². The number of carbonyl (C=O) groups excluding carboxylic acids is 1. The van der Waals surface area contributed by atoms with Gasteiger partial charge in [-0.25, -0.2) is 0 Å². The quantitative estimate of drug-likeness (QED) is 0.842. The molecule has 1 fully saturated rings. The number of aromatic nitrogens is 1. The second-order valence-corrected chi connectivity index (χ2v) is 5.47. The summed E-state index contributed by atoms with van der Waals surface area (Å²) in [6.45, 7) is 1.03. The summed E-state index contributed by atoms with van der Waals surface area (Å²) in [6.07, 6.45) is 1.61. The van der Waals surface area contributed by atoms with Crippen molar-refractivity contribution >= 4 is 17.5 Å². The smallest absolute Gasteiger partial charge is 0.223 e. The summed E-state index contributed by atoms with van der Waals surface area (Å²) in [5.74, 6) is 0.750. The third-order valence-corrected chi connectivity index (χ3v) is 3.92. The zero-order chi connectivity index (χ0) is 14.5. The first-order chi connectivity index (χ1) is 9.60. The predicted octanol–water partition coefficient (Wildman–Crippen LogP) is 0.852. The van der Waals surface area contributed by atoms with Crippen LogP contribution >= 0.6 is 11.6 Å². The zero-order valence-electron chi connectivity index (χ0n) is 11.2. The van der Waals surface area contributed by atoms with Gasteiger partial charge in [0, 0.05) is 32.0 Å². The summed E-state index contributed by atoms with van der Waals surface area (Å²) in [7, 11) is 0. The molecule has 0 saturated carbocycles. The fourth-order valence-corrected chi connectivity index (χ4v) is 2.63. The van der Waals surface area contributed by atoms with Gasteiger partial charge in [0.1, 0.15) is 5.76 Å². The molecule has 1 aliphatic rings. The lowest BCUT2D eigenvalue weighted by atomic mass is 9.91. The zero-order valence-corrected chi connectivity index (χ0v) is 11.9. The number of likely N-dealkylation sites (tertiary alicyclic amines) is 1. The molecule has 1 atom stereocenters. The van der Waals surface area contributed by atoms with Gasteiger partial charge in [0.15, 0.2) is 5.15 Å². The normalized spacial score (nSPS) is 18.2. The molecule has 1 saturated heterocycles. The minimum absolute atomic E-state index is 0.0643. The minimum atomic E-state index is -0.677. The first kappa shape index (κ1) is 15.3. The van der Waals surface area contributed by atoms with Gasteiger partial charge in [-0.3, -0.25) is 4.79 Å². The van der Waals surface area contributed by atoms with Crippen molar-refractivity contribution in [1.29, 1.82) is 0 Å². The first-order valence-electron chi connectivity index (χ1n) is 6.78. The van der Waals surface area contributed by atoms with Crippen molar-refractivity contribution in [1.82, 2.24) is 10.1 Å². The van der Waals surface area contributed by atoms with E-state index in [-0.39, 0.29) is 18.4 Å². The number of hydrogen-bond acceptors (Lipinski definition) is 5. The van der Waals surface area contributed by atoms with Gasteiger partial charge in [-0.15, -0.1) is 0 Å². The Morgan fingerprint density at radius 2 is 2.25 bits per heavy atom. The van der Waals surface area contributed by atoms with E-state index in [1.807, 2.05) is 0 Å². The standard InChI is InChI=1S/C13H19ClN2O4/c14-12-7-10(20-15-12)1-2-13(19)16-5-3-9(4-6-16)11(18)8-17/h7,9,11,17-18H,1-6,8H2. The predicted molar refractivity (Wildman–Crippen MR) is 72.2 cm³/mol. The maximum Gasteiger partial charge on any atom is 0.223 e. The summed E-state index contributed by atoms with van der Waals surface area (Å²) in [4.78, 5) is 13.8. The lowest BCUT2D eigenvalue weighted by Crippen LogP contribution is -2.42. The molecule has 20 heavy (non-hydrogen) atoms. The lowest BCUT2D eigenvalue weighted by Gasteiger charge is -2.33. The van der Waals surface area contributed by atoms with Crippen molar-refractivity contribution in [3.8, 4) is 0 Å². The van der Waals surface area contributed by atoms with E-state index in [4.69, 9.17) is 21.2 Å². The van der Waals surface area contributed by atoms with Crippen LogP contribution in [-0.4, -0.2) is 52.0 Å². The molecule has 0 radical (unpaired) electrons. The number of piperidine rings is 1. The Morgan fingerprint density at radius 3 is 2.80 bits per heavy atom. The van der Waals surface area contributed by atoms with Crippen molar-refractivity contribution in [3.05, 3.63) is 17.0 Å². The molecule has 6 nitrogen and oxygen atoms in total. The molecule has 2 heterocycles. The molecule has 1 aromatic rings. The van der Waals surface area contributed by atoms with Crippen LogP contribution in [0.25, 0.3) is 0 Å². The van der Waals surface area contributed by atoms with Crippen LogP contribution < -0.4 is 0 Å². The highest BCUT2D eigenvalue weighted by molar-refractivity contribution is 6.29. The topological polar surface area (TPSA) is 86.8 Å². The highest BCUT2D eigenvalue weighted by Gasteiger charge is 2.26. The second-order valence-electron chi connectivity index (χ2n) is 5.08. The summed E-state index contributed by atoms with van der Waals surface area (Å²) in [5.41, 5.74) is 0. The van der Waals surface area contributed by atoms with E-state index in [0.717, 1.165) is 12.8 Å². The highest BCUT2D eigenvalue weighted by atomic mass is 35.5. The Kier molecular flexibility index (Phi) is 5.39. The van der Waals surface area contributed by atoms with Crippen LogP contribution in [0.3, 0.4) is 0 Å². The third-order valence-electron chi connectivity index (χ3n) is 3.74. The number of nitrogens with zero attached hydrogens (tertiary/aromatic N) is 2. The number of aryl methyl sites for hydroxylation is 1. The van der Waals surface area contributed by atoms with Gasteiger partial charge < -0.3 is 19.6 Å². The molecule has 2 rings (SSSR count). The Balaban J connectivity index is 1.74. The molecule has 2 N–H and O–H groups in total. The van der Waals surface area contributed by atoms with Crippen LogP contribution in [0.4, 0.5) is 0 Å². The molecule has 0 spiro atoms. The monoisotopic (exact) mass is 302 g/mol.